The average Bonchev–Trinajstić information content (AvgIpc) is 3.06. The first-order valence-electron chi connectivity index (χ1n) is 9.43. The van der Waals surface area contributed by atoms with Crippen LogP contribution >= 0.6 is 11.6 Å². The average molecular weight is 401 g/mol. The molecule has 148 valence electrons. The normalized spacial score (nSPS) is 22.1. The minimum absolute atomic E-state index is 0.0521. The summed E-state index contributed by atoms with van der Waals surface area (Å²) in [5, 5.41) is 4.33. The van der Waals surface area contributed by atoms with Gasteiger partial charge in [-0.25, -0.2) is 0 Å². The predicted molar refractivity (Wildman–Crippen MR) is 110 cm³/mol. The quantitative estimate of drug-likeness (QED) is 0.522. The second-order valence-corrected chi connectivity index (χ2v) is 7.63. The van der Waals surface area contributed by atoms with Crippen LogP contribution < -0.4 is 16.6 Å². The molecule has 1 atom stereocenters. The molecule has 1 unspecified atom stereocenters. The van der Waals surface area contributed by atoms with Crippen molar-refractivity contribution in [3.63, 3.8) is 0 Å². The van der Waals surface area contributed by atoms with Gasteiger partial charge in [0.2, 0.25) is 5.91 Å². The van der Waals surface area contributed by atoms with Crippen LogP contribution in [0, 0.1) is 0 Å². The van der Waals surface area contributed by atoms with Crippen LogP contribution in [0.1, 0.15) is 12.5 Å². The molecule has 0 saturated carbocycles. The molecule has 1 aromatic carbocycles. The van der Waals surface area contributed by atoms with Gasteiger partial charge in [-0.1, -0.05) is 23.7 Å². The lowest BCUT2D eigenvalue weighted by atomic mass is 10.1. The van der Waals surface area contributed by atoms with E-state index in [0.717, 1.165) is 54.7 Å². The number of fused-ring (bicyclic) bond motifs is 1. The first kappa shape index (κ1) is 18.9. The molecule has 8 heteroatoms. The molecule has 1 fully saturated rings. The van der Waals surface area contributed by atoms with Crippen LogP contribution in [0.2, 0.25) is 5.02 Å². The first-order valence-corrected chi connectivity index (χ1v) is 9.81. The minimum Gasteiger partial charge on any atom is -0.360 e. The number of nitrogens with one attached hydrogen (secondary N) is 2. The molecule has 0 bridgehead atoms. The molecule has 4 N–H and O–H groups in total. The fraction of sp³-hybridized carbons (Fsp3) is 0.350. The van der Waals surface area contributed by atoms with Crippen molar-refractivity contribution in [1.29, 1.82) is 0 Å². The van der Waals surface area contributed by atoms with Crippen LogP contribution in [0.3, 0.4) is 0 Å². The number of halogens is 1. The number of piperazine rings is 1. The summed E-state index contributed by atoms with van der Waals surface area (Å²) in [6.07, 6.45) is 6.15. The van der Waals surface area contributed by atoms with Crippen LogP contribution in [0.15, 0.2) is 54.0 Å². The molecule has 4 rings (SSSR count). The van der Waals surface area contributed by atoms with E-state index in [9.17, 15) is 4.79 Å². The third-order valence-corrected chi connectivity index (χ3v) is 5.67. The van der Waals surface area contributed by atoms with Crippen molar-refractivity contribution in [3.05, 3.63) is 64.6 Å². The monoisotopic (exact) mass is 400 g/mol. The largest absolute Gasteiger partial charge is 0.360 e. The van der Waals surface area contributed by atoms with Gasteiger partial charge in [-0.3, -0.25) is 15.5 Å². The number of hydrogen-bond donors (Lipinski definition) is 3. The van der Waals surface area contributed by atoms with E-state index in [0.29, 0.717) is 0 Å². The maximum absolute atomic E-state index is 11.6. The summed E-state index contributed by atoms with van der Waals surface area (Å²) in [5.74, 6) is 5.77. The molecule has 0 spiro atoms. The molecule has 0 aromatic heterocycles. The van der Waals surface area contributed by atoms with E-state index in [1.165, 1.54) is 5.70 Å². The number of nitrogens with two attached hydrogens (primary N) is 1. The number of rotatable bonds is 4. The summed E-state index contributed by atoms with van der Waals surface area (Å²) in [6, 6.07) is 7.88. The Morgan fingerprint density at radius 3 is 2.61 bits per heavy atom. The lowest BCUT2D eigenvalue weighted by molar-refractivity contribution is -0.130. The summed E-state index contributed by atoms with van der Waals surface area (Å²) in [6.45, 7) is 5.67. The van der Waals surface area contributed by atoms with Crippen molar-refractivity contribution in [2.75, 3.05) is 32.7 Å². The number of carbonyl (C=O) groups excluding carboxylic acids is 1. The zero-order valence-corrected chi connectivity index (χ0v) is 16.6. The smallest absolute Gasteiger partial charge is 0.219 e. The number of amides is 1. The van der Waals surface area contributed by atoms with E-state index >= 15 is 0 Å². The topological polar surface area (TPSA) is 76.9 Å². The Labute approximate surface area is 170 Å². The van der Waals surface area contributed by atoms with Gasteiger partial charge < -0.3 is 20.5 Å². The van der Waals surface area contributed by atoms with Crippen molar-refractivity contribution in [1.82, 2.24) is 25.4 Å². The molecule has 3 aliphatic rings. The zero-order chi connectivity index (χ0) is 19.7. The third-order valence-electron chi connectivity index (χ3n) is 5.42. The van der Waals surface area contributed by atoms with Gasteiger partial charge in [-0.05, 0) is 29.8 Å². The maximum Gasteiger partial charge on any atom is 0.219 e. The van der Waals surface area contributed by atoms with Crippen molar-refractivity contribution in [2.24, 2.45) is 5.84 Å². The number of nitrogens with zero attached hydrogens (tertiary/aromatic N) is 3. The number of carbonyl (C=O) groups is 1. The van der Waals surface area contributed by atoms with Gasteiger partial charge in [0.1, 0.15) is 6.17 Å². The summed E-state index contributed by atoms with van der Waals surface area (Å²) < 4.78 is 0. The molecule has 0 aliphatic carbocycles. The van der Waals surface area contributed by atoms with E-state index in [-0.39, 0.29) is 12.1 Å². The van der Waals surface area contributed by atoms with Crippen molar-refractivity contribution in [3.8, 4) is 0 Å². The Kier molecular flexibility index (Phi) is 5.30. The maximum atomic E-state index is 11.6. The highest BCUT2D eigenvalue weighted by molar-refractivity contribution is 6.30. The van der Waals surface area contributed by atoms with E-state index in [1.54, 1.807) is 6.92 Å². The Bertz CT molecular complexity index is 839. The highest BCUT2D eigenvalue weighted by Gasteiger charge is 2.33. The van der Waals surface area contributed by atoms with Crippen LogP contribution in [0.25, 0.3) is 5.70 Å². The number of hydrazine groups is 1. The molecular formula is C20H25ClN6O. The van der Waals surface area contributed by atoms with Crippen molar-refractivity contribution in [2.45, 2.75) is 13.1 Å². The van der Waals surface area contributed by atoms with Gasteiger partial charge in [0.25, 0.3) is 0 Å². The lowest BCUT2D eigenvalue weighted by Gasteiger charge is -2.36. The number of hydrogen-bond acceptors (Lipinski definition) is 6. The molecule has 1 aromatic rings. The first-order chi connectivity index (χ1) is 13.5. The molecule has 28 heavy (non-hydrogen) atoms. The van der Waals surface area contributed by atoms with Gasteiger partial charge in [-0.2, -0.15) is 0 Å². The third kappa shape index (κ3) is 3.73. The Morgan fingerprint density at radius 1 is 1.25 bits per heavy atom. The summed E-state index contributed by atoms with van der Waals surface area (Å²) >= 11 is 6.08. The molecule has 3 aliphatic heterocycles. The minimum atomic E-state index is 0.0521. The number of benzene rings is 1. The van der Waals surface area contributed by atoms with Gasteiger partial charge in [-0.15, -0.1) is 0 Å². The second-order valence-electron chi connectivity index (χ2n) is 7.20. The molecule has 1 saturated heterocycles. The highest BCUT2D eigenvalue weighted by Crippen LogP contribution is 2.32. The van der Waals surface area contributed by atoms with Gasteiger partial charge >= 0.3 is 0 Å². The van der Waals surface area contributed by atoms with Gasteiger partial charge in [0.15, 0.2) is 0 Å². The molecule has 1 amide bonds. The fourth-order valence-electron chi connectivity index (χ4n) is 3.83. The van der Waals surface area contributed by atoms with E-state index in [1.807, 2.05) is 41.4 Å². The second kappa shape index (κ2) is 7.87. The van der Waals surface area contributed by atoms with Crippen molar-refractivity contribution >= 4 is 23.2 Å². The zero-order valence-electron chi connectivity index (χ0n) is 15.9. The Hall–Kier alpha value is -2.48. The van der Waals surface area contributed by atoms with Crippen LogP contribution in [0.4, 0.5) is 0 Å². The lowest BCUT2D eigenvalue weighted by Crippen LogP contribution is -2.49. The van der Waals surface area contributed by atoms with Crippen LogP contribution in [0.5, 0.6) is 0 Å². The number of allylic oxidation sites excluding steroid dienone is 1. The molecular weight excluding hydrogens is 376 g/mol. The van der Waals surface area contributed by atoms with Gasteiger partial charge in [0.05, 0.1) is 17.1 Å². The van der Waals surface area contributed by atoms with Crippen molar-refractivity contribution < 1.29 is 4.79 Å². The van der Waals surface area contributed by atoms with Crippen LogP contribution in [-0.4, -0.2) is 59.5 Å². The van der Waals surface area contributed by atoms with E-state index in [2.05, 4.69) is 26.6 Å². The molecule has 3 heterocycles. The van der Waals surface area contributed by atoms with E-state index < -0.39 is 0 Å². The van der Waals surface area contributed by atoms with Crippen LogP contribution in [-0.2, 0) is 4.79 Å². The Balaban J connectivity index is 1.61. The SMILES string of the molecule is CC(=O)N1CCN(CC2=C(c3ccc(Cl)cc3)NC3C=CC(NN)=CN23)CC1. The highest BCUT2D eigenvalue weighted by atomic mass is 35.5. The molecule has 7 nitrogen and oxygen atoms in total. The summed E-state index contributed by atoms with van der Waals surface area (Å²) in [4.78, 5) is 18.1. The van der Waals surface area contributed by atoms with Gasteiger partial charge in [0, 0.05) is 50.9 Å². The van der Waals surface area contributed by atoms with E-state index in [4.69, 9.17) is 17.4 Å². The summed E-state index contributed by atoms with van der Waals surface area (Å²) in [5.41, 5.74) is 6.96. The predicted octanol–water partition coefficient (Wildman–Crippen LogP) is 1.28. The fourth-order valence-corrected chi connectivity index (χ4v) is 3.96. The summed E-state index contributed by atoms with van der Waals surface area (Å²) in [7, 11) is 0. The Morgan fingerprint density at radius 2 is 1.96 bits per heavy atom. The standard InChI is InChI=1S/C20H25ClN6O/c1-14(28)26-10-8-25(9-11-26)13-18-20(15-2-4-16(21)5-3-15)23-19-7-6-17(24-22)12-27(18)19/h2-7,12,19,23-24H,8-11,13,22H2,1H3. The molecule has 0 radical (unpaired) electrons.